The lowest BCUT2D eigenvalue weighted by molar-refractivity contribution is 1.16. The second-order valence-corrected chi connectivity index (χ2v) is 24.0. The molecule has 0 atom stereocenters. The van der Waals surface area contributed by atoms with Crippen LogP contribution in [0.2, 0.25) is 0 Å². The summed E-state index contributed by atoms with van der Waals surface area (Å²) in [5.41, 5.74) is 39.0. The molecule has 82 heavy (non-hydrogen) atoms. The van der Waals surface area contributed by atoms with E-state index in [1.807, 2.05) is 0 Å². The summed E-state index contributed by atoms with van der Waals surface area (Å²) in [6, 6.07) is 64.4. The average molecular weight is 1080 g/mol. The maximum atomic E-state index is 2.49. The third-order valence-corrected chi connectivity index (χ3v) is 16.5. The largest absolute Gasteiger partial charge is 0.310 e. The summed E-state index contributed by atoms with van der Waals surface area (Å²) < 4.78 is 0. The van der Waals surface area contributed by atoms with Crippen molar-refractivity contribution in [1.29, 1.82) is 0 Å². The molecule has 4 nitrogen and oxygen atoms in total. The molecule has 0 saturated heterocycles. The number of rotatable bonds is 13. The maximum Gasteiger partial charge on any atom is 0.0520 e. The molecule has 10 rings (SSSR count). The summed E-state index contributed by atoms with van der Waals surface area (Å²) in [5.74, 6) is 0. The van der Waals surface area contributed by atoms with Gasteiger partial charge in [-0.05, 0) is 275 Å². The molecule has 0 bridgehead atoms. The first-order chi connectivity index (χ1) is 39.1. The lowest BCUT2D eigenvalue weighted by Gasteiger charge is -2.33. The van der Waals surface area contributed by atoms with Crippen LogP contribution in [0.5, 0.6) is 0 Å². The predicted molar refractivity (Wildman–Crippen MR) is 356 cm³/mol. The van der Waals surface area contributed by atoms with Crippen LogP contribution in [0.15, 0.2) is 170 Å². The van der Waals surface area contributed by atoms with E-state index in [-0.39, 0.29) is 0 Å². The zero-order chi connectivity index (χ0) is 58.6. The van der Waals surface area contributed by atoms with Crippen molar-refractivity contribution in [3.63, 3.8) is 0 Å². The van der Waals surface area contributed by atoms with E-state index in [9.17, 15) is 0 Å². The van der Waals surface area contributed by atoms with Gasteiger partial charge in [0.2, 0.25) is 0 Å². The van der Waals surface area contributed by atoms with E-state index in [1.165, 1.54) is 134 Å². The van der Waals surface area contributed by atoms with Gasteiger partial charge in [-0.15, -0.1) is 0 Å². The van der Waals surface area contributed by atoms with Gasteiger partial charge in [0, 0.05) is 34.1 Å². The lowest BCUT2D eigenvalue weighted by atomic mass is 9.98. The van der Waals surface area contributed by atoms with E-state index in [2.05, 4.69) is 314 Å². The van der Waals surface area contributed by atoms with E-state index in [0.717, 1.165) is 45.3 Å². The van der Waals surface area contributed by atoms with E-state index in [0.29, 0.717) is 0 Å². The van der Waals surface area contributed by atoms with Crippen LogP contribution >= 0.6 is 0 Å². The van der Waals surface area contributed by atoms with Crippen molar-refractivity contribution in [2.75, 3.05) is 19.6 Å². The first-order valence-corrected chi connectivity index (χ1v) is 29.1. The monoisotopic (exact) mass is 1070 g/mol. The van der Waals surface area contributed by atoms with Crippen LogP contribution in [0.25, 0.3) is 11.1 Å². The molecule has 0 aliphatic carbocycles. The number of hydrogen-bond acceptors (Lipinski definition) is 4. The molecular formula is C78H82N4. The fourth-order valence-electron chi connectivity index (χ4n) is 13.8. The molecule has 0 unspecified atom stereocenters. The van der Waals surface area contributed by atoms with Crippen molar-refractivity contribution < 1.29 is 0 Å². The second kappa shape index (κ2) is 22.7. The smallest absolute Gasteiger partial charge is 0.0520 e. The lowest BCUT2D eigenvalue weighted by Crippen LogP contribution is -2.17. The van der Waals surface area contributed by atoms with Crippen molar-refractivity contribution in [1.82, 2.24) is 0 Å². The van der Waals surface area contributed by atoms with Gasteiger partial charge < -0.3 is 19.6 Å². The summed E-state index contributed by atoms with van der Waals surface area (Å²) in [4.78, 5) is 9.85. The molecule has 0 aliphatic rings. The van der Waals surface area contributed by atoms with Crippen molar-refractivity contribution in [2.45, 2.75) is 125 Å². The second-order valence-electron chi connectivity index (χ2n) is 24.0. The van der Waals surface area contributed by atoms with Gasteiger partial charge >= 0.3 is 0 Å². The van der Waals surface area contributed by atoms with Crippen LogP contribution in [-0.2, 0) is 0 Å². The Hall–Kier alpha value is -8.60. The van der Waals surface area contributed by atoms with Crippen molar-refractivity contribution in [3.05, 3.63) is 270 Å². The normalized spacial score (nSPS) is 11.3. The van der Waals surface area contributed by atoms with E-state index in [1.54, 1.807) is 0 Å². The summed E-state index contributed by atoms with van der Waals surface area (Å²) in [6.45, 7) is 40.1. The van der Waals surface area contributed by atoms with E-state index >= 15 is 0 Å². The SMILES string of the molecule is Cc1cc(C)c(N(c2ccc(-c3ccc(N(c4ccc(N(c5c(C)cc(C)cc5C)c5c(C)cc(C)cc5C)cc4)c4c(C)cc(C)cc4C)cc3)cc2)c2ccc(N(c3c(C)cc(C)cc3C)c3c(C)cc(C)cc3C)cc2)c(C)c1. The average Bonchev–Trinajstić information content (AvgIpc) is 3.57. The molecule has 0 spiro atoms. The Bertz CT molecular complexity index is 3530. The van der Waals surface area contributed by atoms with Crippen LogP contribution < -0.4 is 19.6 Å². The van der Waals surface area contributed by atoms with Gasteiger partial charge in [-0.1, -0.05) is 130 Å². The highest BCUT2D eigenvalue weighted by atomic mass is 15.2. The Morgan fingerprint density at radius 3 is 0.439 bits per heavy atom. The minimum atomic E-state index is 1.11. The van der Waals surface area contributed by atoms with Crippen LogP contribution in [0.1, 0.15) is 100 Å². The summed E-state index contributed by atoms with van der Waals surface area (Å²) in [6.07, 6.45) is 0. The molecule has 0 aliphatic heterocycles. The number of hydrogen-bond donors (Lipinski definition) is 0. The van der Waals surface area contributed by atoms with Gasteiger partial charge in [-0.2, -0.15) is 0 Å². The minimum Gasteiger partial charge on any atom is -0.310 e. The van der Waals surface area contributed by atoms with Crippen LogP contribution in [0.4, 0.5) is 68.2 Å². The molecule has 0 fully saturated rings. The van der Waals surface area contributed by atoms with E-state index < -0.39 is 0 Å². The Balaban J connectivity index is 1.02. The van der Waals surface area contributed by atoms with Crippen molar-refractivity contribution in [3.8, 4) is 11.1 Å². The zero-order valence-electron chi connectivity index (χ0n) is 52.0. The third-order valence-electron chi connectivity index (χ3n) is 16.5. The number of aryl methyl sites for hydroxylation is 18. The topological polar surface area (TPSA) is 13.0 Å². The minimum absolute atomic E-state index is 1.11. The number of anilines is 12. The summed E-state index contributed by atoms with van der Waals surface area (Å²) in [5, 5.41) is 0. The molecule has 10 aromatic carbocycles. The van der Waals surface area contributed by atoms with Gasteiger partial charge in [0.25, 0.3) is 0 Å². The molecule has 0 saturated carbocycles. The molecule has 4 heteroatoms. The van der Waals surface area contributed by atoms with Crippen LogP contribution in [0, 0.1) is 125 Å². The molecule has 414 valence electrons. The zero-order valence-corrected chi connectivity index (χ0v) is 52.0. The van der Waals surface area contributed by atoms with Crippen molar-refractivity contribution in [2.24, 2.45) is 0 Å². The van der Waals surface area contributed by atoms with Gasteiger partial charge in [-0.3, -0.25) is 0 Å². The summed E-state index contributed by atoms with van der Waals surface area (Å²) in [7, 11) is 0. The predicted octanol–water partition coefficient (Wildman–Crippen LogP) is 22.8. The number of benzene rings is 10. The molecule has 0 radical (unpaired) electrons. The molecule has 0 amide bonds. The first kappa shape index (κ1) is 56.7. The Kier molecular flexibility index (Phi) is 15.7. The van der Waals surface area contributed by atoms with Gasteiger partial charge in [0.1, 0.15) is 0 Å². The van der Waals surface area contributed by atoms with Crippen molar-refractivity contribution >= 4 is 68.2 Å². The third kappa shape index (κ3) is 11.0. The Labute approximate surface area is 491 Å². The van der Waals surface area contributed by atoms with E-state index in [4.69, 9.17) is 0 Å². The van der Waals surface area contributed by atoms with Gasteiger partial charge in [0.15, 0.2) is 0 Å². The highest BCUT2D eigenvalue weighted by Crippen LogP contribution is 2.48. The van der Waals surface area contributed by atoms with Crippen LogP contribution in [-0.4, -0.2) is 0 Å². The van der Waals surface area contributed by atoms with Gasteiger partial charge in [-0.25, -0.2) is 0 Å². The maximum absolute atomic E-state index is 2.49. The summed E-state index contributed by atoms with van der Waals surface area (Å²) >= 11 is 0. The number of nitrogens with zero attached hydrogens (tertiary/aromatic N) is 4. The first-order valence-electron chi connectivity index (χ1n) is 29.1. The molecule has 0 heterocycles. The molecule has 0 aromatic heterocycles. The fraction of sp³-hybridized carbons (Fsp3) is 0.231. The van der Waals surface area contributed by atoms with Gasteiger partial charge in [0.05, 0.1) is 34.1 Å². The Morgan fingerprint density at radius 2 is 0.280 bits per heavy atom. The molecule has 0 N–H and O–H groups in total. The fourth-order valence-corrected chi connectivity index (χ4v) is 13.8. The molecular weight excluding hydrogens is 993 g/mol. The highest BCUT2D eigenvalue weighted by Gasteiger charge is 2.26. The highest BCUT2D eigenvalue weighted by molar-refractivity contribution is 5.89. The van der Waals surface area contributed by atoms with Crippen LogP contribution in [0.3, 0.4) is 0 Å². The Morgan fingerprint density at radius 1 is 0.159 bits per heavy atom. The molecule has 10 aromatic rings. The quantitative estimate of drug-likeness (QED) is 0.114. The standard InChI is InChI=1S/C78H82N4/c1-47-35-53(7)73(54(8)36-47)79(69-27-31-71(32-28-69)81(75-57(11)39-49(3)40-58(75)12)76-59(13)41-50(4)42-60(76)14)67-23-19-65(20-24-67)66-21-25-68(26-22-66)80(74-55(9)37-48(2)38-56(74)10)70-29-33-72(34-30-70)82(77-61(15)43-51(5)44-62(77)16)78-63(17)45-52(6)46-64(78)18/h19-46H,1-18H3.